The molecule has 2 atom stereocenters. The van der Waals surface area contributed by atoms with E-state index in [9.17, 15) is 4.39 Å². The molecule has 2 rings (SSSR count). The van der Waals surface area contributed by atoms with Gasteiger partial charge in [-0.15, -0.1) is 0 Å². The molecule has 1 saturated heterocycles. The molecule has 100 valence electrons. The van der Waals surface area contributed by atoms with Crippen molar-refractivity contribution in [1.29, 1.82) is 0 Å². The Morgan fingerprint density at radius 2 is 2.33 bits per heavy atom. The number of hydrogen-bond donors (Lipinski definition) is 1. The molecule has 0 aromatic heterocycles. The summed E-state index contributed by atoms with van der Waals surface area (Å²) in [6.07, 6.45) is 2.59. The van der Waals surface area contributed by atoms with Crippen LogP contribution in [0.1, 0.15) is 25.3 Å². The van der Waals surface area contributed by atoms with E-state index in [0.29, 0.717) is 17.0 Å². The quantitative estimate of drug-likeness (QED) is 0.908. The lowest BCUT2D eigenvalue weighted by Gasteiger charge is -2.33. The van der Waals surface area contributed by atoms with Gasteiger partial charge in [0, 0.05) is 23.2 Å². The molecule has 1 fully saturated rings. The molecular formula is C14H19ClFNO. The molecule has 1 heterocycles. The molecule has 1 aromatic carbocycles. The first-order valence-electron chi connectivity index (χ1n) is 6.31. The second-order valence-corrected chi connectivity index (χ2v) is 5.42. The topological polar surface area (TPSA) is 21.3 Å². The molecule has 0 saturated carbocycles. The Balaban J connectivity index is 2.20. The molecule has 0 amide bonds. The summed E-state index contributed by atoms with van der Waals surface area (Å²) in [5.74, 6) is -0.246. The first-order valence-corrected chi connectivity index (χ1v) is 6.69. The van der Waals surface area contributed by atoms with E-state index in [1.54, 1.807) is 12.1 Å². The lowest BCUT2D eigenvalue weighted by atomic mass is 9.88. The van der Waals surface area contributed by atoms with E-state index in [-0.39, 0.29) is 17.5 Å². The van der Waals surface area contributed by atoms with Gasteiger partial charge in [0.05, 0.1) is 5.60 Å². The average molecular weight is 272 g/mol. The van der Waals surface area contributed by atoms with Gasteiger partial charge in [-0.05, 0) is 45.4 Å². The molecule has 18 heavy (non-hydrogen) atoms. The maximum Gasteiger partial charge on any atom is 0.127 e. The number of benzene rings is 1. The number of rotatable bonds is 4. The minimum atomic E-state index is -0.246. The van der Waals surface area contributed by atoms with Gasteiger partial charge in [0.1, 0.15) is 5.82 Å². The lowest BCUT2D eigenvalue weighted by Crippen LogP contribution is -2.48. The number of likely N-dealkylation sites (N-methyl/N-ethyl adjacent to an activating group) is 1. The molecule has 0 aliphatic carbocycles. The van der Waals surface area contributed by atoms with Crippen molar-refractivity contribution < 1.29 is 9.13 Å². The van der Waals surface area contributed by atoms with Gasteiger partial charge in [-0.25, -0.2) is 4.39 Å². The van der Waals surface area contributed by atoms with Gasteiger partial charge in [-0.1, -0.05) is 17.7 Å². The van der Waals surface area contributed by atoms with Gasteiger partial charge in [0.2, 0.25) is 0 Å². The second-order valence-electron chi connectivity index (χ2n) is 5.01. The Morgan fingerprint density at radius 1 is 1.56 bits per heavy atom. The van der Waals surface area contributed by atoms with E-state index >= 15 is 0 Å². The van der Waals surface area contributed by atoms with Crippen LogP contribution in [-0.4, -0.2) is 25.3 Å². The summed E-state index contributed by atoms with van der Waals surface area (Å²) in [7, 11) is 1.88. The van der Waals surface area contributed by atoms with Crippen LogP contribution >= 0.6 is 11.6 Å². The van der Waals surface area contributed by atoms with Gasteiger partial charge in [0.15, 0.2) is 0 Å². The van der Waals surface area contributed by atoms with Crippen molar-refractivity contribution >= 4 is 11.6 Å². The smallest absolute Gasteiger partial charge is 0.127 e. The van der Waals surface area contributed by atoms with E-state index in [1.807, 2.05) is 7.05 Å². The highest BCUT2D eigenvalue weighted by molar-refractivity contribution is 6.31. The zero-order valence-corrected chi connectivity index (χ0v) is 11.6. The Labute approximate surface area is 112 Å². The molecule has 1 aliphatic rings. The monoisotopic (exact) mass is 271 g/mol. The standard InChI is InChI=1S/C14H19ClFNO/c1-14(7-4-8-18-14)13(17-2)9-10-11(15)5-3-6-12(10)16/h3,5-6,13,17H,4,7-9H2,1-2H3. The summed E-state index contributed by atoms with van der Waals surface area (Å²) in [4.78, 5) is 0. The summed E-state index contributed by atoms with van der Waals surface area (Å²) < 4.78 is 19.6. The highest BCUT2D eigenvalue weighted by atomic mass is 35.5. The number of halogens is 2. The van der Waals surface area contributed by atoms with E-state index in [4.69, 9.17) is 16.3 Å². The Kier molecular flexibility index (Phi) is 4.25. The first-order chi connectivity index (χ1) is 8.57. The Hall–Kier alpha value is -0.640. The van der Waals surface area contributed by atoms with E-state index in [0.717, 1.165) is 19.4 Å². The normalized spacial score (nSPS) is 25.3. The van der Waals surface area contributed by atoms with Crippen molar-refractivity contribution in [2.75, 3.05) is 13.7 Å². The summed E-state index contributed by atoms with van der Waals surface area (Å²) >= 11 is 6.07. The molecule has 2 nitrogen and oxygen atoms in total. The van der Waals surface area contributed by atoms with Crippen LogP contribution in [0.3, 0.4) is 0 Å². The Bertz CT molecular complexity index is 398. The fourth-order valence-electron chi connectivity index (χ4n) is 2.63. The minimum absolute atomic E-state index is 0.0643. The highest BCUT2D eigenvalue weighted by Gasteiger charge is 2.38. The van der Waals surface area contributed by atoms with Gasteiger partial charge < -0.3 is 10.1 Å². The van der Waals surface area contributed by atoms with Crippen molar-refractivity contribution in [3.63, 3.8) is 0 Å². The van der Waals surface area contributed by atoms with Crippen LogP contribution in [0.4, 0.5) is 4.39 Å². The van der Waals surface area contributed by atoms with E-state index in [1.165, 1.54) is 6.07 Å². The van der Waals surface area contributed by atoms with Crippen LogP contribution in [0.15, 0.2) is 18.2 Å². The number of ether oxygens (including phenoxy) is 1. The van der Waals surface area contributed by atoms with Crippen LogP contribution in [0, 0.1) is 5.82 Å². The third kappa shape index (κ3) is 2.68. The summed E-state index contributed by atoms with van der Waals surface area (Å²) in [6, 6.07) is 4.87. The third-order valence-corrected chi connectivity index (χ3v) is 4.16. The van der Waals surface area contributed by atoms with Crippen molar-refractivity contribution in [3.8, 4) is 0 Å². The molecule has 0 bridgehead atoms. The fraction of sp³-hybridized carbons (Fsp3) is 0.571. The zero-order valence-electron chi connectivity index (χ0n) is 10.8. The third-order valence-electron chi connectivity index (χ3n) is 3.80. The molecule has 0 spiro atoms. The average Bonchev–Trinajstić information content (AvgIpc) is 2.77. The lowest BCUT2D eigenvalue weighted by molar-refractivity contribution is -0.00960. The van der Waals surface area contributed by atoms with E-state index < -0.39 is 0 Å². The van der Waals surface area contributed by atoms with E-state index in [2.05, 4.69) is 12.2 Å². The molecule has 1 aromatic rings. The summed E-state index contributed by atoms with van der Waals surface area (Å²) in [5.41, 5.74) is 0.329. The summed E-state index contributed by atoms with van der Waals surface area (Å²) in [5, 5.41) is 3.72. The molecule has 0 radical (unpaired) electrons. The van der Waals surface area contributed by atoms with Crippen molar-refractivity contribution in [2.24, 2.45) is 0 Å². The van der Waals surface area contributed by atoms with Crippen LogP contribution in [-0.2, 0) is 11.2 Å². The SMILES string of the molecule is CNC(Cc1c(F)cccc1Cl)C1(C)CCCO1. The first kappa shape index (κ1) is 13.8. The van der Waals surface area contributed by atoms with Crippen molar-refractivity contribution in [1.82, 2.24) is 5.32 Å². The predicted octanol–water partition coefficient (Wildman–Crippen LogP) is 3.18. The summed E-state index contributed by atoms with van der Waals surface area (Å²) in [6.45, 7) is 2.86. The molecule has 1 aliphatic heterocycles. The zero-order chi connectivity index (χ0) is 13.2. The minimum Gasteiger partial charge on any atom is -0.374 e. The fourth-order valence-corrected chi connectivity index (χ4v) is 2.87. The van der Waals surface area contributed by atoms with Gasteiger partial charge in [-0.2, -0.15) is 0 Å². The van der Waals surface area contributed by atoms with Crippen LogP contribution < -0.4 is 5.32 Å². The van der Waals surface area contributed by atoms with Gasteiger partial charge >= 0.3 is 0 Å². The number of hydrogen-bond acceptors (Lipinski definition) is 2. The maximum absolute atomic E-state index is 13.8. The number of nitrogens with one attached hydrogen (secondary N) is 1. The van der Waals surface area contributed by atoms with Crippen LogP contribution in [0.25, 0.3) is 0 Å². The van der Waals surface area contributed by atoms with Crippen molar-refractivity contribution in [2.45, 2.75) is 37.8 Å². The Morgan fingerprint density at radius 3 is 2.89 bits per heavy atom. The van der Waals surface area contributed by atoms with Crippen LogP contribution in [0.5, 0.6) is 0 Å². The molecule has 4 heteroatoms. The predicted molar refractivity (Wildman–Crippen MR) is 71.6 cm³/mol. The van der Waals surface area contributed by atoms with Gasteiger partial charge in [0.25, 0.3) is 0 Å². The molecule has 1 N–H and O–H groups in total. The second kappa shape index (κ2) is 5.55. The van der Waals surface area contributed by atoms with Gasteiger partial charge in [-0.3, -0.25) is 0 Å². The highest BCUT2D eigenvalue weighted by Crippen LogP contribution is 2.32. The molecule has 2 unspecified atom stereocenters. The molecular weight excluding hydrogens is 253 g/mol. The van der Waals surface area contributed by atoms with Crippen LogP contribution in [0.2, 0.25) is 5.02 Å². The van der Waals surface area contributed by atoms with Crippen molar-refractivity contribution in [3.05, 3.63) is 34.6 Å². The maximum atomic E-state index is 13.8. The largest absolute Gasteiger partial charge is 0.374 e.